The van der Waals surface area contributed by atoms with Gasteiger partial charge in [-0.3, -0.25) is 4.90 Å². The topological polar surface area (TPSA) is 57.2 Å². The molecule has 2 heterocycles. The van der Waals surface area contributed by atoms with E-state index in [-0.39, 0.29) is 6.10 Å². The first-order valence-corrected chi connectivity index (χ1v) is 11.2. The highest BCUT2D eigenvalue weighted by Crippen LogP contribution is 2.38. The van der Waals surface area contributed by atoms with Gasteiger partial charge in [0.05, 0.1) is 12.6 Å². The lowest BCUT2D eigenvalue weighted by Gasteiger charge is -2.34. The van der Waals surface area contributed by atoms with E-state index in [1.54, 1.807) is 0 Å². The summed E-state index contributed by atoms with van der Waals surface area (Å²) in [5.41, 5.74) is 2.26. The number of aldehydes is 1. The van der Waals surface area contributed by atoms with E-state index in [9.17, 15) is 4.79 Å². The molecule has 2 fully saturated rings. The van der Waals surface area contributed by atoms with Crippen molar-refractivity contribution in [3.63, 3.8) is 0 Å². The van der Waals surface area contributed by atoms with Crippen molar-refractivity contribution < 1.29 is 23.7 Å². The Morgan fingerprint density at radius 2 is 1.44 bits per heavy atom. The van der Waals surface area contributed by atoms with E-state index < -0.39 is 29.8 Å². The third kappa shape index (κ3) is 5.45. The lowest BCUT2D eigenvalue weighted by molar-refractivity contribution is -0.175. The van der Waals surface area contributed by atoms with E-state index in [0.717, 1.165) is 17.4 Å². The van der Waals surface area contributed by atoms with Crippen molar-refractivity contribution in [3.8, 4) is 0 Å². The highest BCUT2D eigenvalue weighted by molar-refractivity contribution is 5.59. The fraction of sp³-hybridized carbons (Fsp3) is 0.500. The molecule has 0 unspecified atom stereocenters. The van der Waals surface area contributed by atoms with Gasteiger partial charge in [0.25, 0.3) is 0 Å². The van der Waals surface area contributed by atoms with Crippen molar-refractivity contribution in [3.05, 3.63) is 71.8 Å². The number of ether oxygens (including phenoxy) is 4. The SMILES string of the molecule is CC1(C)O[C@H]([C@@H](C=O)N(Cc2ccccc2)Cc2ccccc2)[C@@H]([C@H]2COC(C)(C)O2)O1. The minimum Gasteiger partial charge on any atom is -0.348 e. The van der Waals surface area contributed by atoms with Crippen LogP contribution in [0, 0.1) is 0 Å². The Hall–Kier alpha value is -2.09. The Morgan fingerprint density at radius 3 is 1.91 bits per heavy atom. The molecule has 4 rings (SSSR count). The maximum absolute atomic E-state index is 12.6. The van der Waals surface area contributed by atoms with Gasteiger partial charge in [-0.2, -0.15) is 0 Å². The van der Waals surface area contributed by atoms with Gasteiger partial charge in [-0.25, -0.2) is 0 Å². The largest absolute Gasteiger partial charge is 0.348 e. The van der Waals surface area contributed by atoms with Gasteiger partial charge in [-0.1, -0.05) is 60.7 Å². The van der Waals surface area contributed by atoms with Gasteiger partial charge in [0.1, 0.15) is 24.6 Å². The molecule has 0 saturated carbocycles. The van der Waals surface area contributed by atoms with Gasteiger partial charge < -0.3 is 23.7 Å². The summed E-state index contributed by atoms with van der Waals surface area (Å²) in [6.07, 6.45) is -0.238. The molecule has 0 radical (unpaired) electrons. The Bertz CT molecular complexity index is 844. The van der Waals surface area contributed by atoms with Gasteiger partial charge >= 0.3 is 0 Å². The first kappa shape index (κ1) is 23.1. The summed E-state index contributed by atoms with van der Waals surface area (Å²) < 4.78 is 24.5. The molecule has 2 aliphatic heterocycles. The minimum absolute atomic E-state index is 0.311. The molecule has 2 aromatic carbocycles. The van der Waals surface area contributed by atoms with Crippen molar-refractivity contribution >= 4 is 6.29 Å². The van der Waals surface area contributed by atoms with Gasteiger partial charge in [0.2, 0.25) is 0 Å². The molecule has 4 atom stereocenters. The van der Waals surface area contributed by atoms with E-state index in [1.807, 2.05) is 64.1 Å². The van der Waals surface area contributed by atoms with E-state index >= 15 is 0 Å². The normalized spacial score (nSPS) is 27.5. The zero-order chi connectivity index (χ0) is 22.8. The third-order valence-corrected chi connectivity index (χ3v) is 5.92. The molecule has 6 nitrogen and oxygen atoms in total. The summed E-state index contributed by atoms with van der Waals surface area (Å²) in [5, 5.41) is 0. The second kappa shape index (κ2) is 9.41. The van der Waals surface area contributed by atoms with Gasteiger partial charge in [-0.15, -0.1) is 0 Å². The van der Waals surface area contributed by atoms with E-state index in [2.05, 4.69) is 29.2 Å². The number of rotatable bonds is 8. The van der Waals surface area contributed by atoms with Gasteiger partial charge in [0.15, 0.2) is 11.6 Å². The molecule has 0 amide bonds. The maximum Gasteiger partial charge on any atom is 0.163 e. The van der Waals surface area contributed by atoms with Crippen LogP contribution in [0.25, 0.3) is 0 Å². The average Bonchev–Trinajstić information content (AvgIpc) is 3.28. The van der Waals surface area contributed by atoms with Gasteiger partial charge in [0, 0.05) is 13.1 Å². The Labute approximate surface area is 190 Å². The maximum atomic E-state index is 12.6. The second-order valence-electron chi connectivity index (χ2n) is 9.43. The third-order valence-electron chi connectivity index (χ3n) is 5.92. The zero-order valence-corrected chi connectivity index (χ0v) is 19.3. The molecular formula is C26H33NO5. The summed E-state index contributed by atoms with van der Waals surface area (Å²) in [6.45, 7) is 9.15. The predicted octanol–water partition coefficient (Wildman–Crippen LogP) is 3.93. The van der Waals surface area contributed by atoms with Crippen LogP contribution < -0.4 is 0 Å². The standard InChI is InChI=1S/C26H33NO5/c1-25(2)29-18-22(30-25)24-23(31-26(3,4)32-24)21(17-28)27(15-19-11-7-5-8-12-19)16-20-13-9-6-10-14-20/h5-14,17,21-24H,15-16,18H2,1-4H3/t21-,22-,23-,24-/m1/s1. The van der Waals surface area contributed by atoms with Crippen LogP contribution in [0.15, 0.2) is 60.7 Å². The van der Waals surface area contributed by atoms with E-state index in [1.165, 1.54) is 0 Å². The number of benzene rings is 2. The molecule has 2 saturated heterocycles. The fourth-order valence-electron chi connectivity index (χ4n) is 4.52. The van der Waals surface area contributed by atoms with Crippen LogP contribution in [0.1, 0.15) is 38.8 Å². The van der Waals surface area contributed by atoms with Crippen molar-refractivity contribution in [1.82, 2.24) is 4.90 Å². The number of hydrogen-bond donors (Lipinski definition) is 0. The fourth-order valence-corrected chi connectivity index (χ4v) is 4.52. The zero-order valence-electron chi connectivity index (χ0n) is 19.3. The average molecular weight is 440 g/mol. The van der Waals surface area contributed by atoms with Crippen LogP contribution in [0.2, 0.25) is 0 Å². The van der Waals surface area contributed by atoms with Crippen LogP contribution in [0.3, 0.4) is 0 Å². The molecular weight excluding hydrogens is 406 g/mol. The molecule has 0 bridgehead atoms. The van der Waals surface area contributed by atoms with Crippen LogP contribution >= 0.6 is 0 Å². The molecule has 172 valence electrons. The van der Waals surface area contributed by atoms with E-state index in [4.69, 9.17) is 18.9 Å². The summed E-state index contributed by atoms with van der Waals surface area (Å²) in [6, 6.07) is 19.8. The first-order valence-electron chi connectivity index (χ1n) is 11.2. The molecule has 2 aliphatic rings. The van der Waals surface area contributed by atoms with Crippen molar-refractivity contribution in [1.29, 1.82) is 0 Å². The predicted molar refractivity (Wildman–Crippen MR) is 121 cm³/mol. The molecule has 0 aromatic heterocycles. The lowest BCUT2D eigenvalue weighted by Crippen LogP contribution is -2.51. The van der Waals surface area contributed by atoms with Crippen molar-refractivity contribution in [2.45, 2.75) is 76.7 Å². The Kier molecular flexibility index (Phi) is 6.79. The first-order chi connectivity index (χ1) is 15.3. The van der Waals surface area contributed by atoms with Crippen LogP contribution in [-0.2, 0) is 36.8 Å². The summed E-state index contributed by atoms with van der Waals surface area (Å²) >= 11 is 0. The molecule has 2 aromatic rings. The number of nitrogens with zero attached hydrogens (tertiary/aromatic N) is 1. The molecule has 0 N–H and O–H groups in total. The quantitative estimate of drug-likeness (QED) is 0.581. The summed E-state index contributed by atoms with van der Waals surface area (Å²) in [4.78, 5) is 14.7. The Balaban J connectivity index is 1.63. The van der Waals surface area contributed by atoms with Crippen molar-refractivity contribution in [2.75, 3.05) is 6.61 Å². The van der Waals surface area contributed by atoms with Crippen molar-refractivity contribution in [2.24, 2.45) is 0 Å². The molecule has 0 aliphatic carbocycles. The number of carbonyl (C=O) groups excluding carboxylic acids is 1. The molecule has 0 spiro atoms. The Morgan fingerprint density at radius 1 is 0.875 bits per heavy atom. The smallest absolute Gasteiger partial charge is 0.163 e. The minimum atomic E-state index is -0.822. The van der Waals surface area contributed by atoms with Gasteiger partial charge in [-0.05, 0) is 38.8 Å². The van der Waals surface area contributed by atoms with Crippen LogP contribution in [0.4, 0.5) is 0 Å². The monoisotopic (exact) mass is 439 g/mol. The molecule has 6 heteroatoms. The summed E-state index contributed by atoms with van der Waals surface area (Å²) in [5.74, 6) is -1.51. The highest BCUT2D eigenvalue weighted by Gasteiger charge is 2.53. The van der Waals surface area contributed by atoms with Crippen LogP contribution in [0.5, 0.6) is 0 Å². The summed E-state index contributed by atoms with van der Waals surface area (Å²) in [7, 11) is 0. The number of hydrogen-bond acceptors (Lipinski definition) is 6. The number of carbonyl (C=O) groups is 1. The van der Waals surface area contributed by atoms with Crippen LogP contribution in [-0.4, -0.2) is 53.7 Å². The molecule has 32 heavy (non-hydrogen) atoms. The second-order valence-corrected chi connectivity index (χ2v) is 9.43. The highest BCUT2D eigenvalue weighted by atomic mass is 16.8. The lowest BCUT2D eigenvalue weighted by atomic mass is 9.99. The van der Waals surface area contributed by atoms with E-state index in [0.29, 0.717) is 19.7 Å².